The van der Waals surface area contributed by atoms with Crippen LogP contribution in [-0.4, -0.2) is 39.3 Å². The first kappa shape index (κ1) is 17.6. The third-order valence-corrected chi connectivity index (χ3v) is 5.21. The summed E-state index contributed by atoms with van der Waals surface area (Å²) in [6.07, 6.45) is 3.56. The van der Waals surface area contributed by atoms with E-state index >= 15 is 0 Å². The van der Waals surface area contributed by atoms with Crippen LogP contribution in [0.25, 0.3) is 22.3 Å². The standard InChI is InChI=1S/C20H17ClN6O2/c1-29-19-12(21)3-2-4-14(19)25-17-16(26-27-10-9-24-20(28)18(17)27)11-5-7-22-13-6-8-23-15(11)13/h2-8,23,25H,9-10H2,1H3,(H,24,28). The van der Waals surface area contributed by atoms with Gasteiger partial charge in [-0.2, -0.15) is 5.10 Å². The number of amides is 1. The van der Waals surface area contributed by atoms with Crippen molar-refractivity contribution < 1.29 is 9.53 Å². The number of anilines is 2. The summed E-state index contributed by atoms with van der Waals surface area (Å²) in [6, 6.07) is 9.19. The maximum Gasteiger partial charge on any atom is 0.271 e. The summed E-state index contributed by atoms with van der Waals surface area (Å²) in [5.74, 6) is 0.311. The lowest BCUT2D eigenvalue weighted by molar-refractivity contribution is 0.0925. The number of rotatable bonds is 4. The Labute approximate surface area is 170 Å². The van der Waals surface area contributed by atoms with E-state index in [2.05, 4.69) is 20.6 Å². The number of hydrogen-bond acceptors (Lipinski definition) is 5. The third kappa shape index (κ3) is 2.80. The van der Waals surface area contributed by atoms with Gasteiger partial charge in [-0.15, -0.1) is 0 Å². The quantitative estimate of drug-likeness (QED) is 0.479. The monoisotopic (exact) mass is 408 g/mol. The predicted molar refractivity (Wildman–Crippen MR) is 111 cm³/mol. The minimum absolute atomic E-state index is 0.185. The minimum atomic E-state index is -0.185. The number of hydrogen-bond donors (Lipinski definition) is 3. The molecular weight excluding hydrogens is 392 g/mol. The summed E-state index contributed by atoms with van der Waals surface area (Å²) in [4.78, 5) is 20.3. The second kappa shape index (κ2) is 6.82. The minimum Gasteiger partial charge on any atom is -0.493 e. The molecule has 3 N–H and O–H groups in total. The molecule has 0 radical (unpaired) electrons. The zero-order chi connectivity index (χ0) is 20.0. The Morgan fingerprint density at radius 2 is 2.17 bits per heavy atom. The average Bonchev–Trinajstić information content (AvgIpc) is 3.34. The highest BCUT2D eigenvalue weighted by Gasteiger charge is 2.29. The van der Waals surface area contributed by atoms with Gasteiger partial charge in [-0.1, -0.05) is 17.7 Å². The number of carbonyl (C=O) groups is 1. The summed E-state index contributed by atoms with van der Waals surface area (Å²) < 4.78 is 7.19. The Kier molecular flexibility index (Phi) is 4.13. The lowest BCUT2D eigenvalue weighted by Gasteiger charge is -2.17. The molecule has 0 aliphatic carbocycles. The molecule has 3 aromatic heterocycles. The van der Waals surface area contributed by atoms with E-state index in [9.17, 15) is 4.79 Å². The number of aromatic nitrogens is 4. The first-order chi connectivity index (χ1) is 14.2. The molecule has 0 saturated heterocycles. The van der Waals surface area contributed by atoms with Crippen LogP contribution in [0.5, 0.6) is 5.75 Å². The molecule has 8 nitrogen and oxygen atoms in total. The van der Waals surface area contributed by atoms with Crippen molar-refractivity contribution in [3.63, 3.8) is 0 Å². The first-order valence-corrected chi connectivity index (χ1v) is 9.46. The van der Waals surface area contributed by atoms with Gasteiger partial charge in [0.25, 0.3) is 5.91 Å². The molecule has 0 saturated carbocycles. The first-order valence-electron chi connectivity index (χ1n) is 9.08. The van der Waals surface area contributed by atoms with E-state index in [1.807, 2.05) is 30.5 Å². The Bertz CT molecular complexity index is 1250. The molecule has 5 rings (SSSR count). The summed E-state index contributed by atoms with van der Waals surface area (Å²) in [5, 5.41) is 11.4. The molecule has 0 bridgehead atoms. The fourth-order valence-corrected chi connectivity index (χ4v) is 3.88. The van der Waals surface area contributed by atoms with Gasteiger partial charge >= 0.3 is 0 Å². The van der Waals surface area contributed by atoms with E-state index in [4.69, 9.17) is 21.4 Å². The van der Waals surface area contributed by atoms with Gasteiger partial charge < -0.3 is 20.4 Å². The molecule has 0 unspecified atom stereocenters. The van der Waals surface area contributed by atoms with Gasteiger partial charge in [0, 0.05) is 24.5 Å². The number of H-pyrrole nitrogens is 1. The average molecular weight is 409 g/mol. The molecule has 0 fully saturated rings. The van der Waals surface area contributed by atoms with Crippen molar-refractivity contribution in [2.75, 3.05) is 19.0 Å². The van der Waals surface area contributed by atoms with E-state index in [-0.39, 0.29) is 5.91 Å². The molecule has 1 aromatic carbocycles. The second-order valence-corrected chi connectivity index (χ2v) is 7.00. The smallest absolute Gasteiger partial charge is 0.271 e. The number of halogens is 1. The number of nitrogens with one attached hydrogen (secondary N) is 3. The van der Waals surface area contributed by atoms with Crippen LogP contribution in [0.15, 0.2) is 42.7 Å². The maximum atomic E-state index is 12.7. The fraction of sp³-hybridized carbons (Fsp3) is 0.150. The Morgan fingerprint density at radius 1 is 1.28 bits per heavy atom. The van der Waals surface area contributed by atoms with Gasteiger partial charge in [0.15, 0.2) is 5.75 Å². The topological polar surface area (TPSA) is 96.9 Å². The molecular formula is C20H17ClN6O2. The van der Waals surface area contributed by atoms with Crippen molar-refractivity contribution in [1.82, 2.24) is 25.1 Å². The van der Waals surface area contributed by atoms with Crippen LogP contribution in [-0.2, 0) is 6.54 Å². The van der Waals surface area contributed by atoms with Crippen molar-refractivity contribution in [1.29, 1.82) is 0 Å². The number of aromatic amines is 1. The van der Waals surface area contributed by atoms with E-state index in [0.29, 0.717) is 46.6 Å². The summed E-state index contributed by atoms with van der Waals surface area (Å²) in [6.45, 7) is 1.11. The Balaban J connectivity index is 1.74. The summed E-state index contributed by atoms with van der Waals surface area (Å²) >= 11 is 6.28. The molecule has 0 spiro atoms. The van der Waals surface area contributed by atoms with Gasteiger partial charge in [0.1, 0.15) is 11.4 Å². The van der Waals surface area contributed by atoms with E-state index in [1.54, 1.807) is 24.1 Å². The molecule has 146 valence electrons. The zero-order valence-electron chi connectivity index (χ0n) is 15.5. The second-order valence-electron chi connectivity index (χ2n) is 6.59. The summed E-state index contributed by atoms with van der Waals surface area (Å²) in [7, 11) is 1.55. The lowest BCUT2D eigenvalue weighted by atomic mass is 10.1. The number of methoxy groups -OCH3 is 1. The Hall–Kier alpha value is -3.52. The van der Waals surface area contributed by atoms with Crippen LogP contribution in [0.4, 0.5) is 11.4 Å². The highest BCUT2D eigenvalue weighted by molar-refractivity contribution is 6.32. The molecule has 4 aromatic rings. The van der Waals surface area contributed by atoms with E-state index in [1.165, 1.54) is 0 Å². The normalized spacial score (nSPS) is 13.2. The van der Waals surface area contributed by atoms with Crippen LogP contribution in [0.1, 0.15) is 10.5 Å². The van der Waals surface area contributed by atoms with Gasteiger partial charge in [-0.05, 0) is 24.3 Å². The number of fused-ring (bicyclic) bond motifs is 2. The molecule has 4 heterocycles. The summed E-state index contributed by atoms with van der Waals surface area (Å²) in [5.41, 5.74) is 4.86. The van der Waals surface area contributed by atoms with Crippen molar-refractivity contribution >= 4 is 39.9 Å². The van der Waals surface area contributed by atoms with Crippen molar-refractivity contribution in [3.05, 3.63) is 53.4 Å². The van der Waals surface area contributed by atoms with E-state index < -0.39 is 0 Å². The lowest BCUT2D eigenvalue weighted by Crippen LogP contribution is -2.35. The molecule has 1 amide bonds. The van der Waals surface area contributed by atoms with Crippen LogP contribution < -0.4 is 15.4 Å². The van der Waals surface area contributed by atoms with Crippen LogP contribution in [0, 0.1) is 0 Å². The number of para-hydroxylation sites is 1. The van der Waals surface area contributed by atoms with Crippen LogP contribution >= 0.6 is 11.6 Å². The van der Waals surface area contributed by atoms with Gasteiger partial charge in [-0.3, -0.25) is 14.5 Å². The number of carbonyl (C=O) groups excluding carboxylic acids is 1. The molecule has 9 heteroatoms. The molecule has 29 heavy (non-hydrogen) atoms. The third-order valence-electron chi connectivity index (χ3n) is 4.91. The van der Waals surface area contributed by atoms with Crippen molar-refractivity contribution in [2.24, 2.45) is 0 Å². The SMILES string of the molecule is COc1c(Cl)cccc1Nc1c(-c2ccnc3cc[nH]c23)nn2c1C(=O)NCC2. The number of benzene rings is 1. The fourth-order valence-electron chi connectivity index (χ4n) is 3.63. The number of pyridine rings is 1. The maximum absolute atomic E-state index is 12.7. The van der Waals surface area contributed by atoms with Gasteiger partial charge in [-0.25, -0.2) is 0 Å². The van der Waals surface area contributed by atoms with Gasteiger partial charge in [0.05, 0.1) is 41.1 Å². The van der Waals surface area contributed by atoms with Crippen molar-refractivity contribution in [2.45, 2.75) is 6.54 Å². The van der Waals surface area contributed by atoms with Gasteiger partial charge in [0.2, 0.25) is 0 Å². The predicted octanol–water partition coefficient (Wildman–Crippen LogP) is 3.58. The Morgan fingerprint density at radius 3 is 3.03 bits per heavy atom. The molecule has 1 aliphatic rings. The molecule has 1 aliphatic heterocycles. The number of nitrogens with zero attached hydrogens (tertiary/aromatic N) is 3. The molecule has 0 atom stereocenters. The van der Waals surface area contributed by atoms with Crippen molar-refractivity contribution in [3.8, 4) is 17.0 Å². The van der Waals surface area contributed by atoms with E-state index in [0.717, 1.165) is 16.6 Å². The number of ether oxygens (including phenoxy) is 1. The van der Waals surface area contributed by atoms with Crippen LogP contribution in [0.3, 0.4) is 0 Å². The highest BCUT2D eigenvalue weighted by Crippen LogP contribution is 2.40. The van der Waals surface area contributed by atoms with Crippen LogP contribution in [0.2, 0.25) is 5.02 Å². The zero-order valence-corrected chi connectivity index (χ0v) is 16.2. The largest absolute Gasteiger partial charge is 0.493 e. The highest BCUT2D eigenvalue weighted by atomic mass is 35.5.